The molecule has 0 aromatic rings. The number of carbonyl (C=O) groups is 13. The second-order valence-corrected chi connectivity index (χ2v) is 24.5. The van der Waals surface area contributed by atoms with Gasteiger partial charge in [-0.25, -0.2) is 4.79 Å². The fraction of sp³-hybridized carbons (Fsp3) is 0.764. The number of aliphatic hydroxyl groups is 1. The van der Waals surface area contributed by atoms with Crippen LogP contribution in [-0.2, 0) is 62.3 Å². The lowest BCUT2D eigenvalue weighted by atomic mass is 9.96. The third-order valence-corrected chi connectivity index (χ3v) is 15.7. The summed E-state index contributed by atoms with van der Waals surface area (Å²) in [6, 6.07) is -12.3. The molecule has 0 bridgehead atoms. The SMILES string of the molecule is CC[C@H](C)[C@H](NC(=O)CNC(=O)[C@H](CC(C)C)NC(=O)[C@@H](NC(=O)CNC(=O)[C@H](CCSC)NC(=O)[C@H](CC(C)C)NC(=O)CN)[C@@H](C)O)C(=O)N[C@H](C(=O)N[C@@H](CS)C(=O)N1CCC[C@H]1C(=O)N[C@H](C(=O)N[C@@H](CS)C(=O)O)[C@@H](C)CC)C(C)C. The van der Waals surface area contributed by atoms with Gasteiger partial charge in [0, 0.05) is 18.1 Å². The van der Waals surface area contributed by atoms with Gasteiger partial charge in [0.25, 0.3) is 0 Å². The molecule has 1 rings (SSSR count). The van der Waals surface area contributed by atoms with Crippen molar-refractivity contribution in [2.24, 2.45) is 35.3 Å². The van der Waals surface area contributed by atoms with Gasteiger partial charge in [-0.05, 0) is 80.6 Å². The quantitative estimate of drug-likeness (QED) is 0.0282. The minimum atomic E-state index is -1.64. The maximum atomic E-state index is 14.1. The summed E-state index contributed by atoms with van der Waals surface area (Å²) in [5.41, 5.74) is 5.43. The molecule has 0 aromatic heterocycles. The van der Waals surface area contributed by atoms with Crippen LogP contribution in [0.3, 0.4) is 0 Å². The Balaban J connectivity index is 3.14. The molecular formula is C55H97N13O15S3. The summed E-state index contributed by atoms with van der Waals surface area (Å²) in [6.45, 7) is 17.1. The van der Waals surface area contributed by atoms with Gasteiger partial charge in [0.15, 0.2) is 0 Å². The number of nitrogens with one attached hydrogen (secondary N) is 11. The first-order valence-corrected chi connectivity index (χ1v) is 31.9. The average molecular weight is 1280 g/mol. The van der Waals surface area contributed by atoms with E-state index < -0.39 is 174 Å². The maximum Gasteiger partial charge on any atom is 0.327 e. The van der Waals surface area contributed by atoms with Crippen LogP contribution in [0.25, 0.3) is 0 Å². The van der Waals surface area contributed by atoms with Crippen molar-refractivity contribution >= 4 is 114 Å². The Kier molecular flexibility index (Phi) is 36.1. The first kappa shape index (κ1) is 78.1. The van der Waals surface area contributed by atoms with E-state index in [1.54, 1.807) is 61.6 Å². The second-order valence-electron chi connectivity index (χ2n) is 22.8. The molecule has 0 radical (unpaired) electrons. The van der Waals surface area contributed by atoms with Gasteiger partial charge < -0.3 is 79.3 Å². The first-order chi connectivity index (χ1) is 40.3. The number of hydrogen-bond donors (Lipinski definition) is 16. The lowest BCUT2D eigenvalue weighted by Crippen LogP contribution is -2.61. The molecule has 12 amide bonds. The number of hydrogen-bond acceptors (Lipinski definition) is 18. The number of thioether (sulfide) groups is 1. The van der Waals surface area contributed by atoms with Gasteiger partial charge in [-0.3, -0.25) is 57.5 Å². The Labute approximate surface area is 520 Å². The van der Waals surface area contributed by atoms with Gasteiger partial charge in [0.1, 0.15) is 60.4 Å². The van der Waals surface area contributed by atoms with Gasteiger partial charge in [-0.1, -0.05) is 82.1 Å². The van der Waals surface area contributed by atoms with E-state index in [4.69, 9.17) is 5.73 Å². The molecular weight excluding hydrogens is 1180 g/mol. The average Bonchev–Trinajstić information content (AvgIpc) is 3.01. The molecule has 0 aliphatic carbocycles. The van der Waals surface area contributed by atoms with Gasteiger partial charge in [-0.15, -0.1) is 0 Å². The van der Waals surface area contributed by atoms with Crippen LogP contribution in [0.15, 0.2) is 0 Å². The van der Waals surface area contributed by atoms with Crippen molar-refractivity contribution in [3.8, 4) is 0 Å². The van der Waals surface area contributed by atoms with Crippen molar-refractivity contribution < 1.29 is 72.5 Å². The zero-order valence-electron chi connectivity index (χ0n) is 51.7. The molecule has 1 aliphatic heterocycles. The van der Waals surface area contributed by atoms with E-state index in [1.807, 2.05) is 13.8 Å². The van der Waals surface area contributed by atoms with E-state index in [9.17, 15) is 72.5 Å². The molecule has 28 nitrogen and oxygen atoms in total. The van der Waals surface area contributed by atoms with Crippen LogP contribution in [0, 0.1) is 29.6 Å². The third kappa shape index (κ3) is 26.6. The van der Waals surface area contributed by atoms with Crippen molar-refractivity contribution in [1.82, 2.24) is 63.4 Å². The number of nitrogens with two attached hydrogens (primary N) is 1. The Bertz CT molecular complexity index is 2320. The van der Waals surface area contributed by atoms with Crippen molar-refractivity contribution in [3.05, 3.63) is 0 Å². The summed E-state index contributed by atoms with van der Waals surface area (Å²) in [6.07, 6.45) is 2.18. The standard InChI is InChI=1S/C55H97N13O15S3/c1-13-30(9)43(52(79)66-42(29(7)8)50(77)62-36(25-84)54(81)68-18-15-16-38(68)49(76)67-44(31(10)14-2)51(78)63-37(26-85)55(82)83)64-40(71)23-58-47(74)34(20-27(3)4)61-53(80)45(32(11)69)65-41(72)24-57-46(73)33(17-19-86-12)60-48(75)35(21-28(5)6)59-39(70)22-56/h27-38,42-45,69,84-85H,13-26,56H2,1-12H3,(H,57,73)(H,58,74)(H,59,70)(H,60,75)(H,61,80)(H,62,77)(H,63,78)(H,64,71)(H,65,72)(H,66,79)(H,67,76)(H,82,83)/t30-,31-,32+,33-,34-,35-,36-,37-,38-,42-,43-,44-,45-/m0/s1. The van der Waals surface area contributed by atoms with Gasteiger partial charge in [0.2, 0.25) is 70.9 Å². The fourth-order valence-electron chi connectivity index (χ4n) is 8.96. The first-order valence-electron chi connectivity index (χ1n) is 29.2. The van der Waals surface area contributed by atoms with E-state index in [0.29, 0.717) is 25.0 Å². The summed E-state index contributed by atoms with van der Waals surface area (Å²) < 4.78 is 0. The highest BCUT2D eigenvalue weighted by molar-refractivity contribution is 7.98. The largest absolute Gasteiger partial charge is 0.480 e. The van der Waals surface area contributed by atoms with Crippen molar-refractivity contribution in [3.63, 3.8) is 0 Å². The number of nitrogens with zero attached hydrogens (tertiary/aromatic N) is 1. The van der Waals surface area contributed by atoms with Crippen LogP contribution >= 0.6 is 37.0 Å². The number of likely N-dealkylation sites (tertiary alicyclic amines) is 1. The van der Waals surface area contributed by atoms with Gasteiger partial charge in [-0.2, -0.15) is 37.0 Å². The van der Waals surface area contributed by atoms with Crippen LogP contribution in [0.5, 0.6) is 0 Å². The molecule has 13 atom stereocenters. The molecule has 1 saturated heterocycles. The topological polar surface area (TPSA) is 424 Å². The van der Waals surface area contributed by atoms with E-state index in [-0.39, 0.29) is 62.1 Å². The van der Waals surface area contributed by atoms with Gasteiger partial charge >= 0.3 is 5.97 Å². The minimum Gasteiger partial charge on any atom is -0.480 e. The Morgan fingerprint density at radius 1 is 0.547 bits per heavy atom. The lowest BCUT2D eigenvalue weighted by Gasteiger charge is -2.32. The third-order valence-electron chi connectivity index (χ3n) is 14.3. The van der Waals surface area contributed by atoms with E-state index in [1.165, 1.54) is 23.6 Å². The van der Waals surface area contributed by atoms with Crippen LogP contribution < -0.4 is 64.2 Å². The van der Waals surface area contributed by atoms with Crippen LogP contribution in [0.1, 0.15) is 121 Å². The molecule has 490 valence electrons. The molecule has 15 N–H and O–H groups in total. The summed E-state index contributed by atoms with van der Waals surface area (Å²) in [5.74, 6) is -12.0. The van der Waals surface area contributed by atoms with Crippen LogP contribution in [0.4, 0.5) is 0 Å². The Hall–Kier alpha value is -5.92. The molecule has 1 heterocycles. The zero-order chi connectivity index (χ0) is 65.7. The fourth-order valence-corrected chi connectivity index (χ4v) is 9.93. The maximum absolute atomic E-state index is 14.1. The summed E-state index contributed by atoms with van der Waals surface area (Å²) in [5, 5.41) is 48.1. The second kappa shape index (κ2) is 39.8. The molecule has 1 fully saturated rings. The molecule has 31 heteroatoms. The van der Waals surface area contributed by atoms with E-state index in [2.05, 4.69) is 83.7 Å². The highest BCUT2D eigenvalue weighted by Crippen LogP contribution is 2.21. The number of aliphatic carboxylic acids is 1. The van der Waals surface area contributed by atoms with Gasteiger partial charge in [0.05, 0.1) is 25.7 Å². The van der Waals surface area contributed by atoms with Crippen molar-refractivity contribution in [2.45, 2.75) is 188 Å². The number of thiol groups is 2. The number of amides is 12. The van der Waals surface area contributed by atoms with Crippen LogP contribution in [0.2, 0.25) is 0 Å². The molecule has 0 spiro atoms. The molecule has 0 saturated carbocycles. The summed E-state index contributed by atoms with van der Waals surface area (Å²) in [7, 11) is 0. The van der Waals surface area contributed by atoms with Crippen LogP contribution in [-0.4, -0.2) is 208 Å². The molecule has 1 aliphatic rings. The molecule has 0 aromatic carbocycles. The highest BCUT2D eigenvalue weighted by atomic mass is 32.2. The predicted molar refractivity (Wildman–Crippen MR) is 330 cm³/mol. The zero-order valence-corrected chi connectivity index (χ0v) is 54.3. The van der Waals surface area contributed by atoms with Crippen molar-refractivity contribution in [1.29, 1.82) is 0 Å². The monoisotopic (exact) mass is 1280 g/mol. The summed E-state index contributed by atoms with van der Waals surface area (Å²) >= 11 is 9.73. The normalized spacial score (nSPS) is 17.3. The van der Waals surface area contributed by atoms with Crippen molar-refractivity contribution in [2.75, 3.05) is 49.7 Å². The number of carbonyl (C=O) groups excluding carboxylic acids is 12. The highest BCUT2D eigenvalue weighted by Gasteiger charge is 2.41. The lowest BCUT2D eigenvalue weighted by molar-refractivity contribution is -0.143. The predicted octanol–water partition coefficient (Wildman–Crippen LogP) is -2.55. The Morgan fingerprint density at radius 2 is 0.988 bits per heavy atom. The summed E-state index contributed by atoms with van der Waals surface area (Å²) in [4.78, 5) is 175. The van der Waals surface area contributed by atoms with E-state index >= 15 is 0 Å². The number of aliphatic hydroxyl groups excluding tert-OH is 1. The smallest absolute Gasteiger partial charge is 0.327 e. The molecule has 86 heavy (non-hydrogen) atoms. The number of carboxylic acids is 1. The number of rotatable bonds is 39. The Morgan fingerprint density at radius 3 is 1.45 bits per heavy atom. The number of carboxylic acid groups (broad SMARTS) is 1. The minimum absolute atomic E-state index is 0.00792. The molecule has 0 unspecified atom stereocenters. The van der Waals surface area contributed by atoms with E-state index in [0.717, 1.165) is 0 Å².